The molecule has 2 heterocycles. The molecular formula is C22H29N3O2. The van der Waals surface area contributed by atoms with Crippen molar-refractivity contribution < 1.29 is 9.53 Å². The molecule has 1 aromatic carbocycles. The number of nitrogens with zero attached hydrogens (tertiary/aromatic N) is 3. The molecule has 27 heavy (non-hydrogen) atoms. The van der Waals surface area contributed by atoms with Gasteiger partial charge in [0.05, 0.1) is 6.04 Å². The van der Waals surface area contributed by atoms with E-state index in [0.717, 1.165) is 55.8 Å². The van der Waals surface area contributed by atoms with Crippen molar-refractivity contribution in [3.05, 3.63) is 59.8 Å². The largest absolute Gasteiger partial charge is 0.445 e. The van der Waals surface area contributed by atoms with E-state index in [-0.39, 0.29) is 12.1 Å². The summed E-state index contributed by atoms with van der Waals surface area (Å²) in [5, 5.41) is 0. The average molecular weight is 367 g/mol. The molecule has 0 N–H and O–H groups in total. The number of piperidine rings is 1. The van der Waals surface area contributed by atoms with Gasteiger partial charge in [-0.1, -0.05) is 36.4 Å². The lowest BCUT2D eigenvalue weighted by atomic mass is 9.95. The molecular weight excluding hydrogens is 338 g/mol. The van der Waals surface area contributed by atoms with Crippen LogP contribution >= 0.6 is 0 Å². The van der Waals surface area contributed by atoms with E-state index in [1.54, 1.807) is 0 Å². The quantitative estimate of drug-likeness (QED) is 0.736. The van der Waals surface area contributed by atoms with Crippen LogP contribution in [0, 0.1) is 0 Å². The number of carbonyl (C=O) groups is 1. The zero-order valence-electron chi connectivity index (χ0n) is 16.3. The lowest BCUT2D eigenvalue weighted by Gasteiger charge is -2.37. The molecule has 144 valence electrons. The minimum absolute atomic E-state index is 0.0197. The fraction of sp³-hybridized carbons (Fsp3) is 0.455. The van der Waals surface area contributed by atoms with Crippen LogP contribution in [0.15, 0.2) is 48.7 Å². The monoisotopic (exact) mass is 367 g/mol. The number of hydrogen-bond donors (Lipinski definition) is 0. The Morgan fingerprint density at radius 3 is 2.67 bits per heavy atom. The first kappa shape index (κ1) is 19.2. The Morgan fingerprint density at radius 2 is 1.93 bits per heavy atom. The average Bonchev–Trinajstić information content (AvgIpc) is 2.74. The molecule has 0 bridgehead atoms. The Kier molecular flexibility index (Phi) is 6.69. The number of aromatic nitrogens is 1. The number of carbonyl (C=O) groups excluding carboxylic acids is 1. The third kappa shape index (κ3) is 4.59. The van der Waals surface area contributed by atoms with Crippen LogP contribution in [0.5, 0.6) is 0 Å². The first-order valence-electron chi connectivity index (χ1n) is 9.91. The second kappa shape index (κ2) is 9.40. The minimum atomic E-state index is -0.238. The van der Waals surface area contributed by atoms with Gasteiger partial charge in [-0.3, -0.25) is 0 Å². The molecule has 1 saturated heterocycles. The van der Waals surface area contributed by atoms with Gasteiger partial charge < -0.3 is 14.5 Å². The van der Waals surface area contributed by atoms with Crippen LogP contribution in [0.4, 0.5) is 10.6 Å². The Morgan fingerprint density at radius 1 is 1.15 bits per heavy atom. The molecule has 0 aliphatic carbocycles. The van der Waals surface area contributed by atoms with Gasteiger partial charge in [0.2, 0.25) is 0 Å². The first-order chi connectivity index (χ1) is 13.2. The molecule has 0 spiro atoms. The number of rotatable bonds is 6. The summed E-state index contributed by atoms with van der Waals surface area (Å²) in [4.78, 5) is 21.6. The van der Waals surface area contributed by atoms with Gasteiger partial charge in [0, 0.05) is 31.4 Å². The van der Waals surface area contributed by atoms with Gasteiger partial charge in [-0.2, -0.15) is 0 Å². The van der Waals surface area contributed by atoms with E-state index >= 15 is 0 Å². The second-order valence-corrected chi connectivity index (χ2v) is 6.83. The van der Waals surface area contributed by atoms with Crippen molar-refractivity contribution in [3.63, 3.8) is 0 Å². The van der Waals surface area contributed by atoms with Crippen LogP contribution < -0.4 is 4.90 Å². The lowest BCUT2D eigenvalue weighted by Crippen LogP contribution is -2.39. The predicted octanol–water partition coefficient (Wildman–Crippen LogP) is 4.79. The Balaban J connectivity index is 1.78. The Hall–Kier alpha value is -2.56. The number of hydrogen-bond acceptors (Lipinski definition) is 4. The van der Waals surface area contributed by atoms with Crippen molar-refractivity contribution in [3.8, 4) is 0 Å². The number of pyridine rings is 1. The van der Waals surface area contributed by atoms with Gasteiger partial charge in [0.25, 0.3) is 0 Å². The SMILES string of the molecule is CCN(CC)c1ncccc1[C@H]1CCCCN1C(=O)OCc1ccccc1. The highest BCUT2D eigenvalue weighted by atomic mass is 16.6. The second-order valence-electron chi connectivity index (χ2n) is 6.83. The topological polar surface area (TPSA) is 45.7 Å². The highest BCUT2D eigenvalue weighted by molar-refractivity contribution is 5.69. The smallest absolute Gasteiger partial charge is 0.410 e. The fourth-order valence-electron chi connectivity index (χ4n) is 3.73. The van der Waals surface area contributed by atoms with Crippen LogP contribution in [0.1, 0.15) is 50.3 Å². The van der Waals surface area contributed by atoms with Gasteiger partial charge in [0.1, 0.15) is 12.4 Å². The number of benzene rings is 1. The molecule has 2 aromatic rings. The molecule has 5 heteroatoms. The van der Waals surface area contributed by atoms with E-state index in [4.69, 9.17) is 4.74 Å². The number of ether oxygens (including phenoxy) is 1. The van der Waals surface area contributed by atoms with E-state index in [2.05, 4.69) is 29.8 Å². The summed E-state index contributed by atoms with van der Waals surface area (Å²) < 4.78 is 5.63. The minimum Gasteiger partial charge on any atom is -0.445 e. The molecule has 0 radical (unpaired) electrons. The van der Waals surface area contributed by atoms with Crippen molar-refractivity contribution >= 4 is 11.9 Å². The predicted molar refractivity (Wildman–Crippen MR) is 108 cm³/mol. The normalized spacial score (nSPS) is 16.8. The van der Waals surface area contributed by atoms with Crippen molar-refractivity contribution in [1.29, 1.82) is 0 Å². The maximum absolute atomic E-state index is 12.8. The molecule has 1 aliphatic heterocycles. The van der Waals surface area contributed by atoms with Gasteiger partial charge in [-0.15, -0.1) is 0 Å². The fourth-order valence-corrected chi connectivity index (χ4v) is 3.73. The highest BCUT2D eigenvalue weighted by Gasteiger charge is 2.31. The third-order valence-corrected chi connectivity index (χ3v) is 5.18. The number of anilines is 1. The zero-order valence-corrected chi connectivity index (χ0v) is 16.3. The maximum Gasteiger partial charge on any atom is 0.410 e. The molecule has 1 aromatic heterocycles. The molecule has 1 fully saturated rings. The van der Waals surface area contributed by atoms with Crippen molar-refractivity contribution in [2.24, 2.45) is 0 Å². The van der Waals surface area contributed by atoms with Crippen LogP contribution in [0.25, 0.3) is 0 Å². The van der Waals surface area contributed by atoms with Crippen LogP contribution in [-0.4, -0.2) is 35.6 Å². The molecule has 0 saturated carbocycles. The van der Waals surface area contributed by atoms with Crippen LogP contribution in [-0.2, 0) is 11.3 Å². The summed E-state index contributed by atoms with van der Waals surface area (Å²) in [7, 11) is 0. The summed E-state index contributed by atoms with van der Waals surface area (Å²) in [5.41, 5.74) is 2.13. The standard InChI is InChI=1S/C22H29N3O2/c1-3-24(4-2)21-19(13-10-15-23-21)20-14-8-9-16-25(20)22(26)27-17-18-11-6-5-7-12-18/h5-7,10-13,15,20H,3-4,8-9,14,16-17H2,1-2H3/t20-/m1/s1. The van der Waals surface area contributed by atoms with Gasteiger partial charge in [-0.25, -0.2) is 9.78 Å². The van der Waals surface area contributed by atoms with E-state index in [1.165, 1.54) is 0 Å². The molecule has 0 unspecified atom stereocenters. The van der Waals surface area contributed by atoms with Gasteiger partial charge >= 0.3 is 6.09 Å². The summed E-state index contributed by atoms with van der Waals surface area (Å²) >= 11 is 0. The summed E-state index contributed by atoms with van der Waals surface area (Å²) in [6.07, 6.45) is 4.66. The van der Waals surface area contributed by atoms with E-state index in [0.29, 0.717) is 6.61 Å². The van der Waals surface area contributed by atoms with Crippen molar-refractivity contribution in [2.75, 3.05) is 24.5 Å². The zero-order chi connectivity index (χ0) is 19.1. The van der Waals surface area contributed by atoms with Crippen molar-refractivity contribution in [2.45, 2.75) is 45.8 Å². The summed E-state index contributed by atoms with van der Waals surface area (Å²) in [6.45, 7) is 7.09. The van der Waals surface area contributed by atoms with Gasteiger partial charge in [-0.05, 0) is 44.7 Å². The molecule has 1 aliphatic rings. The molecule has 3 rings (SSSR count). The third-order valence-electron chi connectivity index (χ3n) is 5.18. The number of amides is 1. The number of likely N-dealkylation sites (tertiary alicyclic amines) is 1. The van der Waals surface area contributed by atoms with Crippen LogP contribution in [0.3, 0.4) is 0 Å². The maximum atomic E-state index is 12.8. The summed E-state index contributed by atoms with van der Waals surface area (Å²) in [5.74, 6) is 0.982. The Labute approximate surface area is 162 Å². The van der Waals surface area contributed by atoms with Crippen molar-refractivity contribution in [1.82, 2.24) is 9.88 Å². The first-order valence-corrected chi connectivity index (χ1v) is 9.91. The van der Waals surface area contributed by atoms with Crippen LogP contribution in [0.2, 0.25) is 0 Å². The van der Waals surface area contributed by atoms with E-state index in [9.17, 15) is 4.79 Å². The van der Waals surface area contributed by atoms with E-state index < -0.39 is 0 Å². The molecule has 5 nitrogen and oxygen atoms in total. The highest BCUT2D eigenvalue weighted by Crippen LogP contribution is 2.35. The van der Waals surface area contributed by atoms with E-state index in [1.807, 2.05) is 47.5 Å². The summed E-state index contributed by atoms with van der Waals surface area (Å²) in [6, 6.07) is 13.9. The lowest BCUT2D eigenvalue weighted by molar-refractivity contribution is 0.0679. The van der Waals surface area contributed by atoms with Gasteiger partial charge in [0.15, 0.2) is 0 Å². The Bertz CT molecular complexity index is 731. The molecule has 1 amide bonds. The molecule has 1 atom stereocenters.